The van der Waals surface area contributed by atoms with Gasteiger partial charge in [-0.1, -0.05) is 15.9 Å². The minimum atomic E-state index is -0.174. The van der Waals surface area contributed by atoms with Gasteiger partial charge in [-0.2, -0.15) is 0 Å². The van der Waals surface area contributed by atoms with Gasteiger partial charge in [-0.25, -0.2) is 4.98 Å². The number of aromatic nitrogens is 1. The van der Waals surface area contributed by atoms with Crippen LogP contribution < -0.4 is 5.32 Å². The number of benzene rings is 1. The first-order valence-electron chi connectivity index (χ1n) is 5.05. The van der Waals surface area contributed by atoms with Crippen LogP contribution in [0.5, 0.6) is 0 Å². The highest BCUT2D eigenvalue weighted by Gasteiger charge is 2.09. The molecule has 0 atom stereocenters. The van der Waals surface area contributed by atoms with Gasteiger partial charge < -0.3 is 5.32 Å². The fourth-order valence-electron chi connectivity index (χ4n) is 1.47. The highest BCUT2D eigenvalue weighted by Crippen LogP contribution is 2.20. The van der Waals surface area contributed by atoms with E-state index in [-0.39, 0.29) is 5.91 Å². The average molecular weight is 311 g/mol. The Bertz CT molecular complexity index is 545. The zero-order valence-electron chi connectivity index (χ0n) is 9.45. The normalized spacial score (nSPS) is 10.3. The van der Waals surface area contributed by atoms with Crippen LogP contribution in [0.3, 0.4) is 0 Å². The van der Waals surface area contributed by atoms with Crippen molar-refractivity contribution >= 4 is 38.9 Å². The molecule has 0 bridgehead atoms. The Hall–Kier alpha value is -1.20. The Kier molecular flexibility index (Phi) is 3.59. The van der Waals surface area contributed by atoms with Crippen molar-refractivity contribution in [2.75, 3.05) is 5.32 Å². The molecule has 0 spiro atoms. The van der Waals surface area contributed by atoms with Crippen LogP contribution in [0, 0.1) is 13.8 Å². The zero-order chi connectivity index (χ0) is 12.4. The van der Waals surface area contributed by atoms with Crippen molar-refractivity contribution in [3.05, 3.63) is 44.3 Å². The Morgan fingerprint density at radius 2 is 2.12 bits per heavy atom. The van der Waals surface area contributed by atoms with E-state index in [4.69, 9.17) is 0 Å². The van der Waals surface area contributed by atoms with Crippen molar-refractivity contribution in [3.63, 3.8) is 0 Å². The minimum Gasteiger partial charge on any atom is -0.321 e. The highest BCUT2D eigenvalue weighted by atomic mass is 79.9. The van der Waals surface area contributed by atoms with Gasteiger partial charge in [0.1, 0.15) is 5.69 Å². The molecule has 0 radical (unpaired) electrons. The van der Waals surface area contributed by atoms with Crippen molar-refractivity contribution in [3.8, 4) is 0 Å². The van der Waals surface area contributed by atoms with E-state index in [1.807, 2.05) is 32.0 Å². The van der Waals surface area contributed by atoms with Gasteiger partial charge in [-0.05, 0) is 37.6 Å². The van der Waals surface area contributed by atoms with E-state index >= 15 is 0 Å². The molecule has 1 amide bonds. The van der Waals surface area contributed by atoms with Gasteiger partial charge in [0.25, 0.3) is 5.91 Å². The fraction of sp³-hybridized carbons (Fsp3) is 0.167. The first kappa shape index (κ1) is 12.3. The number of carbonyl (C=O) groups is 1. The number of nitrogens with one attached hydrogen (secondary N) is 1. The molecule has 0 saturated carbocycles. The van der Waals surface area contributed by atoms with E-state index in [1.165, 1.54) is 11.3 Å². The van der Waals surface area contributed by atoms with Gasteiger partial charge >= 0.3 is 0 Å². The lowest BCUT2D eigenvalue weighted by Crippen LogP contribution is -2.12. The Morgan fingerprint density at radius 3 is 2.71 bits per heavy atom. The molecule has 2 aromatic rings. The van der Waals surface area contributed by atoms with Crippen LogP contribution in [0.2, 0.25) is 0 Å². The topological polar surface area (TPSA) is 42.0 Å². The number of amides is 1. The summed E-state index contributed by atoms with van der Waals surface area (Å²) in [4.78, 5) is 16.0. The van der Waals surface area contributed by atoms with E-state index in [2.05, 4.69) is 26.2 Å². The number of carbonyl (C=O) groups excluding carboxylic acids is 1. The second-order valence-electron chi connectivity index (χ2n) is 3.72. The van der Waals surface area contributed by atoms with Crippen LogP contribution in [-0.2, 0) is 0 Å². The molecule has 17 heavy (non-hydrogen) atoms. The lowest BCUT2D eigenvalue weighted by atomic mass is 10.2. The molecule has 1 aromatic heterocycles. The monoisotopic (exact) mass is 310 g/mol. The van der Waals surface area contributed by atoms with Crippen molar-refractivity contribution in [2.24, 2.45) is 0 Å². The van der Waals surface area contributed by atoms with Crippen molar-refractivity contribution in [2.45, 2.75) is 13.8 Å². The second-order valence-corrected chi connectivity index (χ2v) is 5.70. The molecule has 0 fully saturated rings. The lowest BCUT2D eigenvalue weighted by molar-refractivity contribution is 0.102. The van der Waals surface area contributed by atoms with Gasteiger partial charge in [0.2, 0.25) is 0 Å². The number of hydrogen-bond acceptors (Lipinski definition) is 3. The standard InChI is InChI=1S/C12H11BrN2OS/c1-7-3-9(13)5-10(4-7)15-12(16)11-6-17-8(2)14-11/h3-6H,1-2H3,(H,15,16). The molecule has 1 N–H and O–H groups in total. The summed E-state index contributed by atoms with van der Waals surface area (Å²) in [6, 6.07) is 5.77. The molecule has 0 unspecified atom stereocenters. The molecule has 0 aliphatic carbocycles. The smallest absolute Gasteiger partial charge is 0.275 e. The van der Waals surface area contributed by atoms with Gasteiger partial charge in [0.15, 0.2) is 0 Å². The lowest BCUT2D eigenvalue weighted by Gasteiger charge is -2.05. The summed E-state index contributed by atoms with van der Waals surface area (Å²) < 4.78 is 0.947. The van der Waals surface area contributed by atoms with Crippen LogP contribution in [0.1, 0.15) is 21.1 Å². The van der Waals surface area contributed by atoms with Gasteiger partial charge in [0.05, 0.1) is 5.01 Å². The van der Waals surface area contributed by atoms with E-state index in [0.29, 0.717) is 5.69 Å². The molecule has 88 valence electrons. The first-order chi connectivity index (χ1) is 8.04. The largest absolute Gasteiger partial charge is 0.321 e. The molecule has 1 heterocycles. The molecule has 3 nitrogen and oxygen atoms in total. The van der Waals surface area contributed by atoms with E-state index in [0.717, 1.165) is 20.7 Å². The number of hydrogen-bond donors (Lipinski definition) is 1. The van der Waals surface area contributed by atoms with Gasteiger partial charge in [-0.3, -0.25) is 4.79 Å². The summed E-state index contributed by atoms with van der Waals surface area (Å²) in [6.45, 7) is 3.86. The predicted octanol–water partition coefficient (Wildman–Crippen LogP) is 3.77. The number of nitrogens with zero attached hydrogens (tertiary/aromatic N) is 1. The number of aryl methyl sites for hydroxylation is 2. The van der Waals surface area contributed by atoms with Gasteiger partial charge in [-0.15, -0.1) is 11.3 Å². The molecule has 0 saturated heterocycles. The summed E-state index contributed by atoms with van der Waals surface area (Å²) >= 11 is 4.87. The number of halogens is 1. The molecule has 5 heteroatoms. The fourth-order valence-corrected chi connectivity index (χ4v) is 2.67. The van der Waals surface area contributed by atoms with E-state index in [9.17, 15) is 4.79 Å². The number of thiazole rings is 1. The van der Waals surface area contributed by atoms with E-state index < -0.39 is 0 Å². The van der Waals surface area contributed by atoms with Crippen LogP contribution in [0.4, 0.5) is 5.69 Å². The van der Waals surface area contributed by atoms with E-state index in [1.54, 1.807) is 5.38 Å². The Balaban J connectivity index is 2.18. The maximum absolute atomic E-state index is 11.9. The van der Waals surface area contributed by atoms with Crippen LogP contribution in [0.25, 0.3) is 0 Å². The SMILES string of the molecule is Cc1cc(Br)cc(NC(=O)c2csc(C)n2)c1. The minimum absolute atomic E-state index is 0.174. The van der Waals surface area contributed by atoms with Crippen LogP contribution in [0.15, 0.2) is 28.1 Å². The molecule has 1 aromatic carbocycles. The second kappa shape index (κ2) is 4.98. The Labute approximate surface area is 112 Å². The third-order valence-corrected chi connectivity index (χ3v) is 3.38. The third-order valence-electron chi connectivity index (χ3n) is 2.15. The summed E-state index contributed by atoms with van der Waals surface area (Å²) in [5.41, 5.74) is 2.32. The van der Waals surface area contributed by atoms with Crippen molar-refractivity contribution < 1.29 is 4.79 Å². The Morgan fingerprint density at radius 1 is 1.35 bits per heavy atom. The third kappa shape index (κ3) is 3.14. The van der Waals surface area contributed by atoms with Crippen molar-refractivity contribution in [1.82, 2.24) is 4.98 Å². The summed E-state index contributed by atoms with van der Waals surface area (Å²) in [5, 5.41) is 5.48. The molecule has 0 aliphatic heterocycles. The summed E-state index contributed by atoms with van der Waals surface area (Å²) in [7, 11) is 0. The maximum atomic E-state index is 11.9. The first-order valence-corrected chi connectivity index (χ1v) is 6.72. The molecule has 0 aliphatic rings. The average Bonchev–Trinajstić information content (AvgIpc) is 2.63. The van der Waals surface area contributed by atoms with Crippen LogP contribution >= 0.6 is 27.3 Å². The summed E-state index contributed by atoms with van der Waals surface area (Å²) in [5.74, 6) is -0.174. The molecular formula is C12H11BrN2OS. The maximum Gasteiger partial charge on any atom is 0.275 e. The van der Waals surface area contributed by atoms with Gasteiger partial charge in [0, 0.05) is 15.5 Å². The number of rotatable bonds is 2. The van der Waals surface area contributed by atoms with Crippen molar-refractivity contribution in [1.29, 1.82) is 0 Å². The molecular weight excluding hydrogens is 300 g/mol. The predicted molar refractivity (Wildman–Crippen MR) is 73.7 cm³/mol. The quantitative estimate of drug-likeness (QED) is 0.917. The molecule has 2 rings (SSSR count). The highest BCUT2D eigenvalue weighted by molar-refractivity contribution is 9.10. The van der Waals surface area contributed by atoms with Crippen LogP contribution in [-0.4, -0.2) is 10.9 Å². The number of anilines is 1. The zero-order valence-corrected chi connectivity index (χ0v) is 11.9. The summed E-state index contributed by atoms with van der Waals surface area (Å²) in [6.07, 6.45) is 0.